The lowest BCUT2D eigenvalue weighted by molar-refractivity contribution is -0.153. The number of aryl methyl sites for hydroxylation is 2. The molecule has 154 valence electrons. The molecule has 6 nitrogen and oxygen atoms in total. The molecule has 0 N–H and O–H groups in total. The lowest BCUT2D eigenvalue weighted by Gasteiger charge is -2.32. The van der Waals surface area contributed by atoms with E-state index in [4.69, 9.17) is 4.74 Å². The molecule has 1 aliphatic heterocycles. The third-order valence-corrected chi connectivity index (χ3v) is 5.54. The number of hydrogen-bond acceptors (Lipinski definition) is 4. The van der Waals surface area contributed by atoms with E-state index in [9.17, 15) is 9.59 Å². The Balaban J connectivity index is 1.76. The Hall–Kier alpha value is -2.89. The van der Waals surface area contributed by atoms with Crippen molar-refractivity contribution in [2.75, 3.05) is 13.7 Å². The topological polar surface area (TPSA) is 64.4 Å². The first kappa shape index (κ1) is 20.8. The lowest BCUT2D eigenvalue weighted by Crippen LogP contribution is -2.47. The average molecular weight is 396 g/mol. The van der Waals surface area contributed by atoms with E-state index in [1.807, 2.05) is 24.6 Å². The zero-order valence-corrected chi connectivity index (χ0v) is 17.6. The molecule has 1 amide bonds. The van der Waals surface area contributed by atoms with E-state index in [1.165, 1.54) is 18.2 Å². The molecule has 1 atom stereocenters. The molecule has 0 aliphatic carbocycles. The van der Waals surface area contributed by atoms with Crippen LogP contribution in [0.1, 0.15) is 47.3 Å². The summed E-state index contributed by atoms with van der Waals surface area (Å²) in [4.78, 5) is 26.4. The molecule has 1 aromatic carbocycles. The molecular weight excluding hydrogens is 366 g/mol. The number of aromatic nitrogens is 2. The summed E-state index contributed by atoms with van der Waals surface area (Å²) < 4.78 is 6.83. The highest BCUT2D eigenvalue weighted by atomic mass is 16.5. The average Bonchev–Trinajstić information content (AvgIpc) is 2.99. The van der Waals surface area contributed by atoms with Gasteiger partial charge in [0.25, 0.3) is 0 Å². The molecule has 0 spiro atoms. The summed E-state index contributed by atoms with van der Waals surface area (Å²) >= 11 is 0. The van der Waals surface area contributed by atoms with Crippen LogP contribution in [-0.2, 0) is 20.9 Å². The predicted octanol–water partition coefficient (Wildman–Crippen LogP) is 3.42. The fourth-order valence-electron chi connectivity index (χ4n) is 3.80. The van der Waals surface area contributed by atoms with Crippen LogP contribution in [0.3, 0.4) is 0 Å². The third-order valence-electron chi connectivity index (χ3n) is 5.54. The van der Waals surface area contributed by atoms with E-state index in [1.54, 1.807) is 11.0 Å². The number of carbonyl (C=O) groups is 2. The molecule has 1 fully saturated rings. The molecule has 3 rings (SSSR count). The van der Waals surface area contributed by atoms with Crippen molar-refractivity contribution in [1.82, 2.24) is 14.7 Å². The minimum Gasteiger partial charge on any atom is -0.467 e. The van der Waals surface area contributed by atoms with Crippen molar-refractivity contribution in [1.29, 1.82) is 0 Å². The fraction of sp³-hybridized carbons (Fsp3) is 0.435. The third kappa shape index (κ3) is 4.75. The van der Waals surface area contributed by atoms with Crippen LogP contribution in [0, 0.1) is 20.8 Å². The first-order chi connectivity index (χ1) is 13.9. The van der Waals surface area contributed by atoms with Crippen LogP contribution < -0.4 is 0 Å². The van der Waals surface area contributed by atoms with Gasteiger partial charge in [0, 0.05) is 23.9 Å². The maximum Gasteiger partial charge on any atom is 0.328 e. The largest absolute Gasteiger partial charge is 0.467 e. The minimum absolute atomic E-state index is 0.162. The number of rotatable bonds is 5. The van der Waals surface area contributed by atoms with E-state index in [-0.39, 0.29) is 11.9 Å². The summed E-state index contributed by atoms with van der Waals surface area (Å²) in [5.41, 5.74) is 5.24. The lowest BCUT2D eigenvalue weighted by atomic mass is 10.0. The van der Waals surface area contributed by atoms with Crippen molar-refractivity contribution < 1.29 is 14.3 Å². The number of esters is 1. The number of amides is 1. The normalized spacial score (nSPS) is 17.0. The van der Waals surface area contributed by atoms with Crippen LogP contribution in [0.5, 0.6) is 0 Å². The van der Waals surface area contributed by atoms with Gasteiger partial charge < -0.3 is 9.64 Å². The maximum absolute atomic E-state index is 12.8. The van der Waals surface area contributed by atoms with Crippen LogP contribution >= 0.6 is 0 Å². The highest BCUT2D eigenvalue weighted by Gasteiger charge is 2.31. The number of nitrogens with zero attached hydrogens (tertiary/aromatic N) is 3. The first-order valence-electron chi connectivity index (χ1n) is 10.1. The summed E-state index contributed by atoms with van der Waals surface area (Å²) in [6.07, 6.45) is 5.85. The van der Waals surface area contributed by atoms with Gasteiger partial charge in [-0.3, -0.25) is 9.48 Å². The fourth-order valence-corrected chi connectivity index (χ4v) is 3.80. The van der Waals surface area contributed by atoms with Crippen molar-refractivity contribution in [2.45, 2.75) is 52.6 Å². The van der Waals surface area contributed by atoms with Gasteiger partial charge in [-0.25, -0.2) is 4.79 Å². The van der Waals surface area contributed by atoms with Gasteiger partial charge in [0.1, 0.15) is 6.04 Å². The minimum atomic E-state index is -0.489. The summed E-state index contributed by atoms with van der Waals surface area (Å²) in [6, 6.07) is 7.91. The number of methoxy groups -OCH3 is 1. The molecule has 1 unspecified atom stereocenters. The van der Waals surface area contributed by atoms with Gasteiger partial charge in [0.2, 0.25) is 5.91 Å². The van der Waals surface area contributed by atoms with Crippen molar-refractivity contribution >= 4 is 18.0 Å². The number of ether oxygens (including phenoxy) is 1. The Labute approximate surface area is 172 Å². The van der Waals surface area contributed by atoms with Gasteiger partial charge in [0.15, 0.2) is 0 Å². The monoisotopic (exact) mass is 395 g/mol. The maximum atomic E-state index is 12.8. The van der Waals surface area contributed by atoms with Gasteiger partial charge in [-0.05, 0) is 51.7 Å². The zero-order chi connectivity index (χ0) is 21.0. The summed E-state index contributed by atoms with van der Waals surface area (Å²) in [5.74, 6) is -0.505. The Bertz CT molecular complexity index is 912. The highest BCUT2D eigenvalue weighted by Crippen LogP contribution is 2.20. The highest BCUT2D eigenvalue weighted by molar-refractivity contribution is 5.95. The van der Waals surface area contributed by atoms with E-state index in [0.717, 1.165) is 29.8 Å². The first-order valence-corrected chi connectivity index (χ1v) is 10.1. The molecule has 1 saturated heterocycles. The van der Waals surface area contributed by atoms with Crippen LogP contribution in [-0.4, -0.2) is 46.3 Å². The second kappa shape index (κ2) is 9.07. The van der Waals surface area contributed by atoms with Crippen LogP contribution in [0.2, 0.25) is 0 Å². The standard InChI is InChI=1S/C23H29N3O3/c1-16-8-10-19(11-9-16)15-26-18(3)20(17(2)24-26)12-13-22(27)25-14-6-5-7-21(25)23(28)29-4/h8-13,21H,5-7,14-15H2,1-4H3/b13-12+. The molecule has 2 heterocycles. The Morgan fingerprint density at radius 2 is 1.90 bits per heavy atom. The second-order valence-corrected chi connectivity index (χ2v) is 7.63. The molecule has 29 heavy (non-hydrogen) atoms. The van der Waals surface area contributed by atoms with Crippen LogP contribution in [0.25, 0.3) is 6.08 Å². The van der Waals surface area contributed by atoms with Gasteiger partial charge >= 0.3 is 5.97 Å². The predicted molar refractivity (Wildman–Crippen MR) is 112 cm³/mol. The summed E-state index contributed by atoms with van der Waals surface area (Å²) in [6.45, 7) is 7.29. The van der Waals surface area contributed by atoms with Crippen molar-refractivity contribution in [2.24, 2.45) is 0 Å². The van der Waals surface area contributed by atoms with E-state index < -0.39 is 6.04 Å². The van der Waals surface area contributed by atoms with Crippen LogP contribution in [0.4, 0.5) is 0 Å². The number of benzene rings is 1. The van der Waals surface area contributed by atoms with Gasteiger partial charge in [-0.15, -0.1) is 0 Å². The molecule has 1 aromatic heterocycles. The smallest absolute Gasteiger partial charge is 0.328 e. The summed E-state index contributed by atoms with van der Waals surface area (Å²) in [7, 11) is 1.37. The van der Waals surface area contributed by atoms with Gasteiger partial charge in [-0.1, -0.05) is 29.8 Å². The van der Waals surface area contributed by atoms with E-state index in [0.29, 0.717) is 19.5 Å². The van der Waals surface area contributed by atoms with E-state index in [2.05, 4.69) is 36.3 Å². The quantitative estimate of drug-likeness (QED) is 0.575. The van der Waals surface area contributed by atoms with E-state index >= 15 is 0 Å². The SMILES string of the molecule is COC(=O)C1CCCCN1C(=O)/C=C/c1c(C)nn(Cc2ccc(C)cc2)c1C. The van der Waals surface area contributed by atoms with Crippen molar-refractivity contribution in [3.8, 4) is 0 Å². The van der Waals surface area contributed by atoms with Crippen molar-refractivity contribution in [3.63, 3.8) is 0 Å². The molecule has 0 saturated carbocycles. The number of likely N-dealkylation sites (tertiary alicyclic amines) is 1. The summed E-state index contributed by atoms with van der Waals surface area (Å²) in [5, 5.41) is 4.64. The molecule has 0 radical (unpaired) electrons. The second-order valence-electron chi connectivity index (χ2n) is 7.63. The van der Waals surface area contributed by atoms with Gasteiger partial charge in [0.05, 0.1) is 19.3 Å². The molecular formula is C23H29N3O3. The van der Waals surface area contributed by atoms with Crippen molar-refractivity contribution in [3.05, 3.63) is 58.4 Å². The molecule has 0 bridgehead atoms. The molecule has 1 aliphatic rings. The zero-order valence-electron chi connectivity index (χ0n) is 17.6. The number of carbonyl (C=O) groups excluding carboxylic acids is 2. The van der Waals surface area contributed by atoms with Crippen LogP contribution in [0.15, 0.2) is 30.3 Å². The number of hydrogen-bond donors (Lipinski definition) is 0. The molecule has 6 heteroatoms. The Kier molecular flexibility index (Phi) is 6.52. The van der Waals surface area contributed by atoms with Gasteiger partial charge in [-0.2, -0.15) is 5.10 Å². The Morgan fingerprint density at radius 3 is 2.59 bits per heavy atom. The number of piperidine rings is 1. The Morgan fingerprint density at radius 1 is 1.17 bits per heavy atom. The molecule has 2 aromatic rings.